The lowest BCUT2D eigenvalue weighted by Crippen LogP contribution is -2.38. The Morgan fingerprint density at radius 1 is 1.00 bits per heavy atom. The van der Waals surface area contributed by atoms with Gasteiger partial charge in [-0.25, -0.2) is 4.79 Å². The van der Waals surface area contributed by atoms with Crippen LogP contribution in [0.3, 0.4) is 0 Å². The maximum atomic E-state index is 12.4. The number of rotatable bonds is 10. The van der Waals surface area contributed by atoms with Gasteiger partial charge in [-0.1, -0.05) is 73.2 Å². The molecule has 0 amide bonds. The molecule has 5 nitrogen and oxygen atoms in total. The molecule has 0 aliphatic heterocycles. The lowest BCUT2D eigenvalue weighted by molar-refractivity contribution is 0.639. The summed E-state index contributed by atoms with van der Waals surface area (Å²) in [5, 5.41) is 3.57. The van der Waals surface area contributed by atoms with Gasteiger partial charge in [-0.05, 0) is 67.5 Å². The molecule has 0 atom stereocenters. The standard InChI is InChI=1S/C31H37N3O2/c1-6-23(3)19-27(29-14-9-8-11-24(29)4)21-28(7-2)32-17-15-25-12-10-13-26(20-25)22-34-30(35)16-18-33(5)31(34)36/h7-14,16,18-21,32H,6,15,17,22H2,1-5H3/b23-19+,27-21+,28-7+. The van der Waals surface area contributed by atoms with Gasteiger partial charge in [-0.3, -0.25) is 9.36 Å². The third-order valence-electron chi connectivity index (χ3n) is 6.35. The van der Waals surface area contributed by atoms with Crippen LogP contribution in [0.4, 0.5) is 0 Å². The fourth-order valence-electron chi connectivity index (χ4n) is 4.04. The molecule has 0 saturated heterocycles. The van der Waals surface area contributed by atoms with Gasteiger partial charge in [0.2, 0.25) is 0 Å². The van der Waals surface area contributed by atoms with Gasteiger partial charge in [0.25, 0.3) is 5.56 Å². The van der Waals surface area contributed by atoms with Crippen molar-refractivity contribution in [3.63, 3.8) is 0 Å². The summed E-state index contributed by atoms with van der Waals surface area (Å²) < 4.78 is 2.68. The van der Waals surface area contributed by atoms with Gasteiger partial charge in [0.1, 0.15) is 0 Å². The molecule has 188 valence electrons. The van der Waals surface area contributed by atoms with Gasteiger partial charge in [0, 0.05) is 31.6 Å². The first-order chi connectivity index (χ1) is 17.3. The molecule has 0 radical (unpaired) electrons. The molecular formula is C31H37N3O2. The second kappa shape index (κ2) is 12.7. The van der Waals surface area contributed by atoms with Gasteiger partial charge in [0.05, 0.1) is 6.54 Å². The maximum absolute atomic E-state index is 12.4. The van der Waals surface area contributed by atoms with E-state index in [2.05, 4.69) is 80.7 Å². The van der Waals surface area contributed by atoms with Crippen LogP contribution >= 0.6 is 0 Å². The Kier molecular flexibility index (Phi) is 9.46. The minimum absolute atomic E-state index is 0.263. The third-order valence-corrected chi connectivity index (χ3v) is 6.35. The van der Waals surface area contributed by atoms with Crippen LogP contribution in [0, 0.1) is 6.92 Å². The van der Waals surface area contributed by atoms with E-state index in [1.165, 1.54) is 43.7 Å². The van der Waals surface area contributed by atoms with E-state index in [4.69, 9.17) is 0 Å². The normalized spacial score (nSPS) is 12.6. The summed E-state index contributed by atoms with van der Waals surface area (Å²) in [5.41, 5.74) is 7.59. The number of aromatic nitrogens is 2. The fraction of sp³-hybridized carbons (Fsp3) is 0.290. The average Bonchev–Trinajstić information content (AvgIpc) is 2.88. The summed E-state index contributed by atoms with van der Waals surface area (Å²) in [4.78, 5) is 24.5. The Balaban J connectivity index is 1.73. The molecule has 0 bridgehead atoms. The molecule has 1 N–H and O–H groups in total. The molecule has 0 unspecified atom stereocenters. The van der Waals surface area contributed by atoms with Crippen LogP contribution in [-0.2, 0) is 20.0 Å². The molecule has 0 aliphatic carbocycles. The highest BCUT2D eigenvalue weighted by Gasteiger charge is 2.06. The van der Waals surface area contributed by atoms with Crippen molar-refractivity contribution in [2.45, 2.75) is 47.1 Å². The molecule has 3 rings (SSSR count). The van der Waals surface area contributed by atoms with Crippen molar-refractivity contribution in [3.8, 4) is 0 Å². The lowest BCUT2D eigenvalue weighted by Gasteiger charge is -2.13. The summed E-state index contributed by atoms with van der Waals surface area (Å²) in [5.74, 6) is 0. The molecule has 5 heteroatoms. The Morgan fingerprint density at radius 3 is 2.47 bits per heavy atom. The van der Waals surface area contributed by atoms with Crippen molar-refractivity contribution >= 4 is 5.57 Å². The van der Waals surface area contributed by atoms with Crippen molar-refractivity contribution in [1.29, 1.82) is 0 Å². The summed E-state index contributed by atoms with van der Waals surface area (Å²) in [6.45, 7) is 9.57. The Labute approximate surface area is 214 Å². The summed E-state index contributed by atoms with van der Waals surface area (Å²) in [6.07, 6.45) is 9.92. The molecule has 1 aromatic heterocycles. The fourth-order valence-corrected chi connectivity index (χ4v) is 4.04. The first-order valence-corrected chi connectivity index (χ1v) is 12.5. The zero-order valence-electron chi connectivity index (χ0n) is 22.0. The second-order valence-electron chi connectivity index (χ2n) is 9.13. The minimum atomic E-state index is -0.309. The Bertz CT molecular complexity index is 1400. The van der Waals surface area contributed by atoms with E-state index >= 15 is 0 Å². The average molecular weight is 484 g/mol. The second-order valence-corrected chi connectivity index (χ2v) is 9.13. The highest BCUT2D eigenvalue weighted by Crippen LogP contribution is 2.23. The number of hydrogen-bond donors (Lipinski definition) is 1. The largest absolute Gasteiger partial charge is 0.385 e. The molecular weight excluding hydrogens is 446 g/mol. The summed E-state index contributed by atoms with van der Waals surface area (Å²) in [7, 11) is 1.65. The monoisotopic (exact) mass is 483 g/mol. The smallest absolute Gasteiger partial charge is 0.331 e. The zero-order chi connectivity index (χ0) is 26.1. The van der Waals surface area contributed by atoms with Crippen LogP contribution in [-0.4, -0.2) is 15.7 Å². The molecule has 0 saturated carbocycles. The van der Waals surface area contributed by atoms with Crippen LogP contribution in [0.2, 0.25) is 0 Å². The number of aryl methyl sites for hydroxylation is 2. The Hall–Kier alpha value is -3.86. The molecule has 0 fully saturated rings. The van der Waals surface area contributed by atoms with E-state index in [1.807, 2.05) is 19.1 Å². The van der Waals surface area contributed by atoms with E-state index < -0.39 is 0 Å². The van der Waals surface area contributed by atoms with E-state index in [0.717, 1.165) is 36.2 Å². The van der Waals surface area contributed by atoms with E-state index in [0.29, 0.717) is 0 Å². The molecule has 3 aromatic rings. The summed E-state index contributed by atoms with van der Waals surface area (Å²) >= 11 is 0. The topological polar surface area (TPSA) is 56.0 Å². The highest BCUT2D eigenvalue weighted by atomic mass is 16.2. The predicted molar refractivity (Wildman–Crippen MR) is 150 cm³/mol. The van der Waals surface area contributed by atoms with Crippen molar-refractivity contribution in [1.82, 2.24) is 14.5 Å². The summed E-state index contributed by atoms with van der Waals surface area (Å²) in [6, 6.07) is 18.0. The SMILES string of the molecule is C\C=C(/C=C(\C=C(/C)CC)c1ccccc1C)NCCc1cccc(Cn2c(=O)ccn(C)c2=O)c1. The van der Waals surface area contributed by atoms with E-state index in [9.17, 15) is 9.59 Å². The third kappa shape index (κ3) is 7.08. The first-order valence-electron chi connectivity index (χ1n) is 12.5. The van der Waals surface area contributed by atoms with Crippen molar-refractivity contribution in [2.24, 2.45) is 7.05 Å². The van der Waals surface area contributed by atoms with Crippen molar-refractivity contribution in [2.75, 3.05) is 6.54 Å². The first kappa shape index (κ1) is 26.7. The molecule has 0 aliphatic rings. The zero-order valence-corrected chi connectivity index (χ0v) is 22.0. The molecule has 0 spiro atoms. The van der Waals surface area contributed by atoms with Crippen LogP contribution in [0.25, 0.3) is 5.57 Å². The van der Waals surface area contributed by atoms with E-state index in [-0.39, 0.29) is 17.8 Å². The van der Waals surface area contributed by atoms with Gasteiger partial charge < -0.3 is 9.88 Å². The molecule has 36 heavy (non-hydrogen) atoms. The number of nitrogens with zero attached hydrogens (tertiary/aromatic N) is 2. The van der Waals surface area contributed by atoms with Gasteiger partial charge in [-0.15, -0.1) is 0 Å². The molecule has 1 heterocycles. The maximum Gasteiger partial charge on any atom is 0.331 e. The van der Waals surface area contributed by atoms with Gasteiger partial charge in [0.15, 0.2) is 0 Å². The van der Waals surface area contributed by atoms with Crippen LogP contribution in [0.15, 0.2) is 99.9 Å². The lowest BCUT2D eigenvalue weighted by atomic mass is 9.97. The van der Waals surface area contributed by atoms with Crippen molar-refractivity contribution in [3.05, 3.63) is 133 Å². The number of nitrogens with one attached hydrogen (secondary N) is 1. The number of hydrogen-bond acceptors (Lipinski definition) is 3. The number of allylic oxidation sites excluding steroid dienone is 5. The highest BCUT2D eigenvalue weighted by molar-refractivity contribution is 5.78. The van der Waals surface area contributed by atoms with Gasteiger partial charge >= 0.3 is 5.69 Å². The number of benzene rings is 2. The molecule has 2 aromatic carbocycles. The van der Waals surface area contributed by atoms with E-state index in [1.54, 1.807) is 7.05 Å². The quantitative estimate of drug-likeness (QED) is 0.394. The van der Waals surface area contributed by atoms with Crippen LogP contribution in [0.5, 0.6) is 0 Å². The minimum Gasteiger partial charge on any atom is -0.385 e. The Morgan fingerprint density at radius 2 is 1.75 bits per heavy atom. The predicted octanol–water partition coefficient (Wildman–Crippen LogP) is 5.38. The van der Waals surface area contributed by atoms with Gasteiger partial charge in [-0.2, -0.15) is 0 Å². The van der Waals surface area contributed by atoms with Crippen molar-refractivity contribution < 1.29 is 0 Å². The van der Waals surface area contributed by atoms with Crippen LogP contribution < -0.4 is 16.6 Å². The van der Waals surface area contributed by atoms with Crippen LogP contribution in [0.1, 0.15) is 49.4 Å².